The lowest BCUT2D eigenvalue weighted by molar-refractivity contribution is -0.137. The third-order valence-corrected chi connectivity index (χ3v) is 2.88. The minimum absolute atomic E-state index is 0.111. The SMILES string of the molecule is CCCC(CN)Nc1ccc(C(N)=O)c(C(F)(F)F)c1. The second-order valence-corrected chi connectivity index (χ2v) is 4.49. The monoisotopic (exact) mass is 289 g/mol. The van der Waals surface area contributed by atoms with E-state index in [1.165, 1.54) is 6.07 Å². The van der Waals surface area contributed by atoms with Gasteiger partial charge in [0.25, 0.3) is 0 Å². The highest BCUT2D eigenvalue weighted by atomic mass is 19.4. The van der Waals surface area contributed by atoms with E-state index in [2.05, 4.69) is 5.32 Å². The average Bonchev–Trinajstić information content (AvgIpc) is 2.36. The van der Waals surface area contributed by atoms with E-state index in [9.17, 15) is 18.0 Å². The van der Waals surface area contributed by atoms with Crippen LogP contribution in [0.4, 0.5) is 18.9 Å². The van der Waals surface area contributed by atoms with Crippen LogP contribution in [0.1, 0.15) is 35.7 Å². The van der Waals surface area contributed by atoms with Crippen LogP contribution in [0, 0.1) is 0 Å². The number of anilines is 1. The number of nitrogens with two attached hydrogens (primary N) is 2. The zero-order valence-electron chi connectivity index (χ0n) is 11.1. The molecule has 1 amide bonds. The topological polar surface area (TPSA) is 81.1 Å². The van der Waals surface area contributed by atoms with Crippen LogP contribution < -0.4 is 16.8 Å². The Bertz CT molecular complexity index is 474. The van der Waals surface area contributed by atoms with Crippen LogP contribution in [-0.2, 0) is 6.18 Å². The summed E-state index contributed by atoms with van der Waals surface area (Å²) in [6.07, 6.45) is -3.03. The van der Waals surface area contributed by atoms with Gasteiger partial charge < -0.3 is 16.8 Å². The van der Waals surface area contributed by atoms with Crippen LogP contribution >= 0.6 is 0 Å². The molecule has 0 aromatic heterocycles. The molecule has 112 valence electrons. The van der Waals surface area contributed by atoms with E-state index in [-0.39, 0.29) is 11.7 Å². The number of carbonyl (C=O) groups excluding carboxylic acids is 1. The number of hydrogen-bond donors (Lipinski definition) is 3. The first-order chi connectivity index (χ1) is 9.29. The molecule has 0 aliphatic heterocycles. The summed E-state index contributed by atoms with van der Waals surface area (Å²) >= 11 is 0. The largest absolute Gasteiger partial charge is 0.417 e. The van der Waals surface area contributed by atoms with E-state index in [1.54, 1.807) is 0 Å². The summed E-state index contributed by atoms with van der Waals surface area (Å²) in [6.45, 7) is 2.27. The lowest BCUT2D eigenvalue weighted by atomic mass is 10.0. The van der Waals surface area contributed by atoms with Crippen LogP contribution in [0.25, 0.3) is 0 Å². The fourth-order valence-electron chi connectivity index (χ4n) is 1.92. The third-order valence-electron chi connectivity index (χ3n) is 2.88. The van der Waals surface area contributed by atoms with Crippen LogP contribution in [0.3, 0.4) is 0 Å². The molecule has 5 N–H and O–H groups in total. The molecule has 0 saturated carbocycles. The molecule has 1 aromatic carbocycles. The number of rotatable bonds is 6. The van der Waals surface area contributed by atoms with Gasteiger partial charge in [-0.25, -0.2) is 0 Å². The number of amides is 1. The number of nitrogens with one attached hydrogen (secondary N) is 1. The van der Waals surface area contributed by atoms with Gasteiger partial charge in [-0.2, -0.15) is 13.2 Å². The summed E-state index contributed by atoms with van der Waals surface area (Å²) in [5, 5.41) is 2.93. The predicted octanol–water partition coefficient (Wildman–Crippen LogP) is 2.34. The summed E-state index contributed by atoms with van der Waals surface area (Å²) in [5.74, 6) is -1.10. The van der Waals surface area contributed by atoms with Gasteiger partial charge in [-0.15, -0.1) is 0 Å². The van der Waals surface area contributed by atoms with E-state index in [0.29, 0.717) is 6.54 Å². The first kappa shape index (κ1) is 16.3. The lowest BCUT2D eigenvalue weighted by Gasteiger charge is -2.19. The summed E-state index contributed by atoms with van der Waals surface area (Å²) in [7, 11) is 0. The maximum Gasteiger partial charge on any atom is 0.417 e. The summed E-state index contributed by atoms with van der Waals surface area (Å²) in [5.41, 5.74) is 9.20. The molecular formula is C13H18F3N3O. The molecule has 0 aliphatic carbocycles. The van der Waals surface area contributed by atoms with Crippen molar-refractivity contribution in [3.63, 3.8) is 0 Å². The molecular weight excluding hydrogens is 271 g/mol. The molecule has 1 aromatic rings. The Morgan fingerprint density at radius 1 is 1.40 bits per heavy atom. The lowest BCUT2D eigenvalue weighted by Crippen LogP contribution is -2.29. The van der Waals surface area contributed by atoms with Crippen LogP contribution in [0.5, 0.6) is 0 Å². The Morgan fingerprint density at radius 2 is 2.05 bits per heavy atom. The molecule has 4 nitrogen and oxygen atoms in total. The van der Waals surface area contributed by atoms with E-state index < -0.39 is 23.2 Å². The van der Waals surface area contributed by atoms with E-state index >= 15 is 0 Å². The Balaban J connectivity index is 3.10. The predicted molar refractivity (Wildman–Crippen MR) is 71.3 cm³/mol. The summed E-state index contributed by atoms with van der Waals surface area (Å²) < 4.78 is 38.7. The first-order valence-corrected chi connectivity index (χ1v) is 6.27. The number of carbonyl (C=O) groups is 1. The van der Waals surface area contributed by atoms with Crippen molar-refractivity contribution >= 4 is 11.6 Å². The molecule has 0 saturated heterocycles. The Hall–Kier alpha value is -1.76. The number of alkyl halides is 3. The van der Waals surface area contributed by atoms with Crippen molar-refractivity contribution in [3.8, 4) is 0 Å². The molecule has 7 heteroatoms. The molecule has 1 unspecified atom stereocenters. The van der Waals surface area contributed by atoms with Crippen molar-refractivity contribution in [2.24, 2.45) is 11.5 Å². The standard InChI is InChI=1S/C13H18F3N3O/c1-2-3-9(7-17)19-8-4-5-10(12(18)20)11(6-8)13(14,15)16/h4-6,9,19H,2-3,7,17H2,1H3,(H2,18,20). The normalized spacial score (nSPS) is 13.1. The van der Waals surface area contributed by atoms with Gasteiger partial charge in [0.05, 0.1) is 11.1 Å². The molecule has 0 aliphatic rings. The molecule has 1 atom stereocenters. The second kappa shape index (κ2) is 6.60. The molecule has 1 rings (SSSR count). The number of hydrogen-bond acceptors (Lipinski definition) is 3. The molecule has 0 spiro atoms. The van der Waals surface area contributed by atoms with Crippen molar-refractivity contribution in [2.75, 3.05) is 11.9 Å². The smallest absolute Gasteiger partial charge is 0.381 e. The number of benzene rings is 1. The summed E-state index contributed by atoms with van der Waals surface area (Å²) in [4.78, 5) is 11.0. The quantitative estimate of drug-likeness (QED) is 0.752. The second-order valence-electron chi connectivity index (χ2n) is 4.49. The van der Waals surface area contributed by atoms with Crippen molar-refractivity contribution < 1.29 is 18.0 Å². The molecule has 0 heterocycles. The maximum atomic E-state index is 12.9. The van der Waals surface area contributed by atoms with Crippen LogP contribution in [-0.4, -0.2) is 18.5 Å². The van der Waals surface area contributed by atoms with Crippen molar-refractivity contribution in [2.45, 2.75) is 32.0 Å². The van der Waals surface area contributed by atoms with Gasteiger partial charge in [0.15, 0.2) is 0 Å². The van der Waals surface area contributed by atoms with Gasteiger partial charge in [0.2, 0.25) is 5.91 Å². The highest BCUT2D eigenvalue weighted by molar-refractivity contribution is 5.95. The van der Waals surface area contributed by atoms with E-state index in [4.69, 9.17) is 11.5 Å². The number of primary amides is 1. The minimum Gasteiger partial charge on any atom is -0.381 e. The van der Waals surface area contributed by atoms with Crippen LogP contribution in [0.2, 0.25) is 0 Å². The molecule has 20 heavy (non-hydrogen) atoms. The van der Waals surface area contributed by atoms with Gasteiger partial charge in [0, 0.05) is 18.3 Å². The summed E-state index contributed by atoms with van der Waals surface area (Å²) in [6, 6.07) is 3.25. The Kier molecular flexibility index (Phi) is 5.38. The zero-order valence-corrected chi connectivity index (χ0v) is 11.1. The molecule has 0 radical (unpaired) electrons. The van der Waals surface area contributed by atoms with Crippen LogP contribution in [0.15, 0.2) is 18.2 Å². The fourth-order valence-corrected chi connectivity index (χ4v) is 1.92. The van der Waals surface area contributed by atoms with E-state index in [1.807, 2.05) is 6.92 Å². The molecule has 0 fully saturated rings. The molecule has 0 bridgehead atoms. The van der Waals surface area contributed by atoms with Gasteiger partial charge in [-0.1, -0.05) is 13.3 Å². The van der Waals surface area contributed by atoms with Gasteiger partial charge in [0.1, 0.15) is 0 Å². The van der Waals surface area contributed by atoms with Crippen molar-refractivity contribution in [1.29, 1.82) is 0 Å². The highest BCUT2D eigenvalue weighted by Crippen LogP contribution is 2.33. The third kappa shape index (κ3) is 4.12. The van der Waals surface area contributed by atoms with E-state index in [0.717, 1.165) is 25.0 Å². The Labute approximate surface area is 115 Å². The zero-order chi connectivity index (χ0) is 15.3. The average molecular weight is 289 g/mol. The first-order valence-electron chi connectivity index (χ1n) is 6.27. The maximum absolute atomic E-state index is 12.9. The Morgan fingerprint density at radius 3 is 2.50 bits per heavy atom. The number of halogens is 3. The fraction of sp³-hybridized carbons (Fsp3) is 0.462. The van der Waals surface area contributed by atoms with Crippen molar-refractivity contribution in [1.82, 2.24) is 0 Å². The van der Waals surface area contributed by atoms with Crippen molar-refractivity contribution in [3.05, 3.63) is 29.3 Å². The van der Waals surface area contributed by atoms with Gasteiger partial charge in [-0.3, -0.25) is 4.79 Å². The minimum atomic E-state index is -4.63. The highest BCUT2D eigenvalue weighted by Gasteiger charge is 2.35. The van der Waals surface area contributed by atoms with Gasteiger partial charge >= 0.3 is 6.18 Å². The van der Waals surface area contributed by atoms with Gasteiger partial charge in [-0.05, 0) is 24.6 Å².